The molecule has 2 aromatic carbocycles. The lowest BCUT2D eigenvalue weighted by atomic mass is 10.1. The molecule has 36 heavy (non-hydrogen) atoms. The lowest BCUT2D eigenvalue weighted by Gasteiger charge is -2.34. The van der Waals surface area contributed by atoms with Crippen molar-refractivity contribution in [3.63, 3.8) is 0 Å². The molecule has 0 unspecified atom stereocenters. The number of aromatic amines is 2. The monoisotopic (exact) mass is 494 g/mol. The first-order valence-electron chi connectivity index (χ1n) is 10.6. The maximum atomic E-state index is 13.1. The topological polar surface area (TPSA) is 206 Å². The Hall–Kier alpha value is -4.59. The molecule has 3 heterocycles. The average molecular weight is 494 g/mol. The summed E-state index contributed by atoms with van der Waals surface area (Å²) in [5, 5.41) is 17.4. The Bertz CT molecular complexity index is 1520. The van der Waals surface area contributed by atoms with Crippen molar-refractivity contribution in [2.75, 3.05) is 23.4 Å². The lowest BCUT2D eigenvalue weighted by molar-refractivity contribution is -0.150. The molecule has 0 saturated carbocycles. The van der Waals surface area contributed by atoms with Crippen LogP contribution in [0.1, 0.15) is 0 Å². The molecule has 0 spiro atoms. The Balaban J connectivity index is 0.00000304. The van der Waals surface area contributed by atoms with Crippen LogP contribution in [0.4, 0.5) is 11.4 Å². The van der Waals surface area contributed by atoms with Crippen LogP contribution in [0.5, 0.6) is 0 Å². The number of H-pyrrole nitrogens is 2. The fourth-order valence-corrected chi connectivity index (χ4v) is 3.82. The number of nitrogens with zero attached hydrogens (tertiary/aromatic N) is 2. The number of aliphatic hydroxyl groups excluding tert-OH is 1. The number of amides is 2. The van der Waals surface area contributed by atoms with E-state index < -0.39 is 29.8 Å². The maximum Gasteiger partial charge on any atom is 0.439 e. The van der Waals surface area contributed by atoms with Crippen molar-refractivity contribution in [2.24, 2.45) is 0 Å². The number of carbonyl (C=O) groups is 2. The molecule has 13 nitrogen and oxygen atoms in total. The van der Waals surface area contributed by atoms with E-state index in [4.69, 9.17) is 4.74 Å². The quantitative estimate of drug-likeness (QED) is 0.265. The molecule has 1 aliphatic rings. The summed E-state index contributed by atoms with van der Waals surface area (Å²) in [4.78, 5) is 54.9. The van der Waals surface area contributed by atoms with Crippen molar-refractivity contribution >= 4 is 34.1 Å². The Morgan fingerprint density at radius 1 is 1.08 bits per heavy atom. The predicted octanol–water partition coefficient (Wildman–Crippen LogP) is 0.765. The van der Waals surface area contributed by atoms with Crippen LogP contribution in [0.25, 0.3) is 22.3 Å². The maximum absolute atomic E-state index is 13.1. The zero-order chi connectivity index (χ0) is 24.5. The number of nitrogens with one attached hydrogen (secondary N) is 3. The largest absolute Gasteiger partial charge is 0.439 e. The zero-order valence-electron chi connectivity index (χ0n) is 18.8. The van der Waals surface area contributed by atoms with Gasteiger partial charge in [-0.05, 0) is 48.5 Å². The van der Waals surface area contributed by atoms with Gasteiger partial charge in [0, 0.05) is 40.5 Å². The third-order valence-corrected chi connectivity index (χ3v) is 5.56. The molecule has 1 fully saturated rings. The van der Waals surface area contributed by atoms with Crippen molar-refractivity contribution in [1.82, 2.24) is 21.3 Å². The zero-order valence-corrected chi connectivity index (χ0v) is 18.8. The molecule has 4 aromatic rings. The second-order valence-electron chi connectivity index (χ2n) is 7.83. The Kier molecular flexibility index (Phi) is 6.78. The summed E-state index contributed by atoms with van der Waals surface area (Å²) in [6.07, 6.45) is -3.15. The highest BCUT2D eigenvalue weighted by Crippen LogP contribution is 2.24. The van der Waals surface area contributed by atoms with Crippen LogP contribution in [-0.2, 0) is 14.3 Å². The van der Waals surface area contributed by atoms with Gasteiger partial charge in [-0.2, -0.15) is 0 Å². The van der Waals surface area contributed by atoms with E-state index in [1.807, 2.05) is 0 Å². The number of fused-ring (bicyclic) bond motifs is 1. The number of hydrogen-bond acceptors (Lipinski definition) is 9. The van der Waals surface area contributed by atoms with Crippen LogP contribution in [0.3, 0.4) is 0 Å². The lowest BCUT2D eigenvalue weighted by Crippen LogP contribution is -2.55. The Morgan fingerprint density at radius 2 is 1.86 bits per heavy atom. The first kappa shape index (κ1) is 24.5. The van der Waals surface area contributed by atoms with Crippen LogP contribution in [0, 0.1) is 0 Å². The summed E-state index contributed by atoms with van der Waals surface area (Å²) >= 11 is 0. The van der Waals surface area contributed by atoms with Gasteiger partial charge in [-0.1, -0.05) is 5.16 Å². The average Bonchev–Trinajstić information content (AvgIpc) is 3.30. The summed E-state index contributed by atoms with van der Waals surface area (Å²) in [7, 11) is 0. The van der Waals surface area contributed by atoms with Gasteiger partial charge in [-0.15, -0.1) is 0 Å². The highest BCUT2D eigenvalue weighted by Gasteiger charge is 2.39. The molecule has 0 bridgehead atoms. The number of ether oxygens (including phenoxy) is 1. The minimum atomic E-state index is -1.76. The van der Waals surface area contributed by atoms with Gasteiger partial charge in [-0.3, -0.25) is 23.9 Å². The van der Waals surface area contributed by atoms with Gasteiger partial charge < -0.3 is 31.2 Å². The van der Waals surface area contributed by atoms with Gasteiger partial charge in [0.2, 0.25) is 5.56 Å². The van der Waals surface area contributed by atoms with Crippen molar-refractivity contribution < 1.29 is 24.0 Å². The summed E-state index contributed by atoms with van der Waals surface area (Å²) in [6.45, 7) is 0.360. The third kappa shape index (κ3) is 4.79. The van der Waals surface area contributed by atoms with Gasteiger partial charge in [0.25, 0.3) is 11.8 Å². The molecule has 13 heteroatoms. The minimum absolute atomic E-state index is 0. The molecule has 2 aromatic heterocycles. The molecule has 2 atom stereocenters. The van der Waals surface area contributed by atoms with Crippen LogP contribution < -0.4 is 27.7 Å². The van der Waals surface area contributed by atoms with Crippen LogP contribution >= 0.6 is 0 Å². The highest BCUT2D eigenvalue weighted by molar-refractivity contribution is 6.04. The number of pyridine rings is 1. The van der Waals surface area contributed by atoms with Gasteiger partial charge in [-0.25, -0.2) is 4.79 Å². The van der Waals surface area contributed by atoms with E-state index in [2.05, 4.69) is 25.0 Å². The van der Waals surface area contributed by atoms with Crippen molar-refractivity contribution in [3.05, 3.63) is 75.5 Å². The van der Waals surface area contributed by atoms with E-state index in [1.165, 1.54) is 11.0 Å². The van der Waals surface area contributed by atoms with Crippen molar-refractivity contribution in [1.29, 1.82) is 0 Å². The molecular formula is C23H22N6O7. The summed E-state index contributed by atoms with van der Waals surface area (Å²) in [5.74, 6) is -1.84. The third-order valence-electron chi connectivity index (χ3n) is 5.56. The number of benzene rings is 2. The number of rotatable bonds is 5. The normalized spacial score (nSPS) is 16.4. The van der Waals surface area contributed by atoms with Crippen molar-refractivity contribution in [3.8, 4) is 11.4 Å². The molecule has 1 aliphatic heterocycles. The molecule has 0 aliphatic carbocycles. The molecule has 5 rings (SSSR count). The number of anilines is 2. The van der Waals surface area contributed by atoms with E-state index >= 15 is 0 Å². The number of morpholine rings is 1. The van der Waals surface area contributed by atoms with Gasteiger partial charge in [0.15, 0.2) is 18.0 Å². The molecule has 7 N–H and O–H groups in total. The Morgan fingerprint density at radius 3 is 2.58 bits per heavy atom. The number of aliphatic hydroxyl groups is 1. The fraction of sp³-hybridized carbons (Fsp3) is 0.174. The second kappa shape index (κ2) is 9.95. The molecule has 1 saturated heterocycles. The number of carbonyl (C=O) groups excluding carboxylic acids is 2. The SMILES string of the molecule is N.O=C(Nc1ccc(-c2noc(=O)[nH]2)cc1)[C@H](O)[C@H]1OCCN(c2ccc3[nH]c(=O)ccc3c2)C1=O. The van der Waals surface area contributed by atoms with Gasteiger partial charge >= 0.3 is 5.76 Å². The highest BCUT2D eigenvalue weighted by atomic mass is 16.5. The van der Waals surface area contributed by atoms with E-state index in [0.29, 0.717) is 22.5 Å². The van der Waals surface area contributed by atoms with Crippen molar-refractivity contribution in [2.45, 2.75) is 12.2 Å². The standard InChI is InChI=1S/C23H19N5O7.H3N/c29-17-8-3-13-11-15(6-7-16(13)25-17)28-9-10-34-19(22(28)32)18(30)21(31)24-14-4-1-12(2-5-14)20-26-23(33)35-27-20;/h1-8,11,18-19,30H,9-10H2,(H,24,31)(H,25,29)(H,26,27,33);1H3/t18-,19-;/m1./s1. The van der Waals surface area contributed by atoms with E-state index in [0.717, 1.165) is 5.39 Å². The van der Waals surface area contributed by atoms with Crippen LogP contribution in [0.2, 0.25) is 0 Å². The van der Waals surface area contributed by atoms with Gasteiger partial charge in [0.1, 0.15) is 0 Å². The summed E-state index contributed by atoms with van der Waals surface area (Å²) < 4.78 is 9.90. The van der Waals surface area contributed by atoms with E-state index in [-0.39, 0.29) is 30.7 Å². The van der Waals surface area contributed by atoms with E-state index in [1.54, 1.807) is 48.5 Å². The molecule has 0 radical (unpaired) electrons. The van der Waals surface area contributed by atoms with Crippen LogP contribution in [0.15, 0.2) is 68.7 Å². The first-order valence-corrected chi connectivity index (χ1v) is 10.6. The molecule has 186 valence electrons. The van der Waals surface area contributed by atoms with E-state index in [9.17, 15) is 24.3 Å². The smallest absolute Gasteiger partial charge is 0.380 e. The predicted molar refractivity (Wildman–Crippen MR) is 129 cm³/mol. The fourth-order valence-electron chi connectivity index (χ4n) is 3.82. The summed E-state index contributed by atoms with van der Waals surface area (Å²) in [5.41, 5.74) is 1.85. The molecule has 2 amide bonds. The minimum Gasteiger partial charge on any atom is -0.380 e. The first-order chi connectivity index (χ1) is 16.9. The van der Waals surface area contributed by atoms with Gasteiger partial charge in [0.05, 0.1) is 6.61 Å². The molecular weight excluding hydrogens is 472 g/mol. The number of aromatic nitrogens is 3. The Labute approximate surface area is 202 Å². The number of hydrogen-bond donors (Lipinski definition) is 5. The second-order valence-corrected chi connectivity index (χ2v) is 7.83. The van der Waals surface area contributed by atoms with Crippen LogP contribution in [-0.4, -0.2) is 57.4 Å². The summed E-state index contributed by atoms with van der Waals surface area (Å²) in [6, 6.07) is 14.4.